The summed E-state index contributed by atoms with van der Waals surface area (Å²) in [4.78, 5) is 25.3. The first-order valence-electron chi connectivity index (χ1n) is 9.33. The van der Waals surface area contributed by atoms with Crippen LogP contribution < -0.4 is 4.74 Å². The third kappa shape index (κ3) is 4.85. The van der Waals surface area contributed by atoms with Crippen LogP contribution in [-0.4, -0.2) is 34.5 Å². The quantitative estimate of drug-likeness (QED) is 0.780. The van der Waals surface area contributed by atoms with Gasteiger partial charge in [-0.2, -0.15) is 13.2 Å². The predicted octanol–water partition coefficient (Wildman–Crippen LogP) is 4.23. The zero-order valence-corrected chi connectivity index (χ0v) is 15.2. The molecule has 28 heavy (non-hydrogen) atoms. The van der Waals surface area contributed by atoms with Crippen molar-refractivity contribution in [2.24, 2.45) is 5.92 Å². The van der Waals surface area contributed by atoms with Gasteiger partial charge in [-0.25, -0.2) is 4.79 Å². The predicted molar refractivity (Wildman–Crippen MR) is 94.5 cm³/mol. The van der Waals surface area contributed by atoms with Gasteiger partial charge in [-0.1, -0.05) is 38.2 Å². The van der Waals surface area contributed by atoms with Crippen molar-refractivity contribution >= 4 is 11.9 Å². The molecule has 0 radical (unpaired) electrons. The van der Waals surface area contributed by atoms with Crippen molar-refractivity contribution < 1.29 is 32.6 Å². The summed E-state index contributed by atoms with van der Waals surface area (Å²) in [7, 11) is 0. The van der Waals surface area contributed by atoms with Crippen LogP contribution in [0.2, 0.25) is 0 Å². The number of carbonyl (C=O) groups excluding carboxylic acids is 1. The lowest BCUT2D eigenvalue weighted by molar-refractivity contribution is -0.148. The molecule has 1 atom stereocenters. The van der Waals surface area contributed by atoms with E-state index in [0.717, 1.165) is 50.3 Å². The van der Waals surface area contributed by atoms with Crippen LogP contribution in [0.1, 0.15) is 44.1 Å². The van der Waals surface area contributed by atoms with E-state index in [4.69, 9.17) is 4.74 Å². The Morgan fingerprint density at radius 1 is 1.25 bits per heavy atom. The van der Waals surface area contributed by atoms with Gasteiger partial charge in [0.05, 0.1) is 12.1 Å². The minimum atomic E-state index is -4.50. The first kappa shape index (κ1) is 20.2. The Balaban J connectivity index is 1.67. The number of halogens is 3. The Morgan fingerprint density at radius 2 is 1.96 bits per heavy atom. The van der Waals surface area contributed by atoms with Gasteiger partial charge in [-0.15, -0.1) is 0 Å². The first-order chi connectivity index (χ1) is 13.2. The highest BCUT2D eigenvalue weighted by atomic mass is 19.4. The van der Waals surface area contributed by atoms with Crippen molar-refractivity contribution in [3.05, 3.63) is 41.7 Å². The van der Waals surface area contributed by atoms with E-state index in [0.29, 0.717) is 6.42 Å². The van der Waals surface area contributed by atoms with Crippen molar-refractivity contribution in [1.82, 2.24) is 4.90 Å². The number of aliphatic carboxylic acids is 1. The molecule has 8 heteroatoms. The van der Waals surface area contributed by atoms with E-state index in [2.05, 4.69) is 0 Å². The second-order valence-electron chi connectivity index (χ2n) is 7.30. The molecule has 1 aliphatic carbocycles. The zero-order chi connectivity index (χ0) is 20.3. The van der Waals surface area contributed by atoms with Gasteiger partial charge in [0.2, 0.25) is 0 Å². The molecule has 1 aromatic rings. The van der Waals surface area contributed by atoms with Crippen LogP contribution in [0.5, 0.6) is 5.75 Å². The molecule has 1 saturated carbocycles. The maximum absolute atomic E-state index is 12.8. The largest absolute Gasteiger partial charge is 0.480 e. The molecule has 0 bridgehead atoms. The highest BCUT2D eigenvalue weighted by Crippen LogP contribution is 2.33. The molecule has 1 N–H and O–H groups in total. The summed E-state index contributed by atoms with van der Waals surface area (Å²) < 4.78 is 43.9. The smallest absolute Gasteiger partial charge is 0.416 e. The van der Waals surface area contributed by atoms with Crippen molar-refractivity contribution in [3.8, 4) is 5.75 Å². The van der Waals surface area contributed by atoms with Crippen molar-refractivity contribution in [2.45, 2.75) is 50.7 Å². The highest BCUT2D eigenvalue weighted by Gasteiger charge is 2.36. The summed E-state index contributed by atoms with van der Waals surface area (Å²) in [5.41, 5.74) is -0.854. The summed E-state index contributed by atoms with van der Waals surface area (Å²) in [6, 6.07) is 3.40. The molecule has 0 spiro atoms. The van der Waals surface area contributed by atoms with E-state index >= 15 is 0 Å². The van der Waals surface area contributed by atoms with Crippen LogP contribution in [0.4, 0.5) is 13.2 Å². The normalized spacial score (nSPS) is 19.5. The van der Waals surface area contributed by atoms with Gasteiger partial charge in [0.15, 0.2) is 0 Å². The Labute approximate surface area is 160 Å². The number of nitrogens with zero attached hydrogens (tertiary/aromatic N) is 1. The van der Waals surface area contributed by atoms with Gasteiger partial charge < -0.3 is 14.7 Å². The van der Waals surface area contributed by atoms with E-state index in [1.165, 1.54) is 17.0 Å². The van der Waals surface area contributed by atoms with Crippen molar-refractivity contribution in [3.63, 3.8) is 0 Å². The number of hydrogen-bond acceptors (Lipinski definition) is 3. The zero-order valence-electron chi connectivity index (χ0n) is 15.2. The molecular formula is C20H22F3NO4. The molecule has 0 aromatic heterocycles. The van der Waals surface area contributed by atoms with Gasteiger partial charge in [0.1, 0.15) is 17.6 Å². The molecule has 1 heterocycles. The van der Waals surface area contributed by atoms with E-state index in [-0.39, 0.29) is 24.0 Å². The molecule has 3 rings (SSSR count). The lowest BCUT2D eigenvalue weighted by Gasteiger charge is -2.30. The number of amides is 1. The minimum Gasteiger partial charge on any atom is -0.480 e. The fourth-order valence-electron chi connectivity index (χ4n) is 3.82. The third-order valence-corrected chi connectivity index (χ3v) is 5.25. The number of alkyl halides is 3. The summed E-state index contributed by atoms with van der Waals surface area (Å²) in [5.74, 6) is -1.22. The van der Waals surface area contributed by atoms with Gasteiger partial charge in [0, 0.05) is 6.08 Å². The monoisotopic (exact) mass is 397 g/mol. The van der Waals surface area contributed by atoms with E-state index in [1.807, 2.05) is 0 Å². The van der Waals surface area contributed by atoms with Crippen LogP contribution in [0.25, 0.3) is 0 Å². The summed E-state index contributed by atoms with van der Waals surface area (Å²) >= 11 is 0. The maximum Gasteiger partial charge on any atom is 0.416 e. The topological polar surface area (TPSA) is 66.8 Å². The lowest BCUT2D eigenvalue weighted by atomic mass is 9.84. The van der Waals surface area contributed by atoms with Crippen LogP contribution in [0.3, 0.4) is 0 Å². The van der Waals surface area contributed by atoms with E-state index in [9.17, 15) is 27.9 Å². The summed E-state index contributed by atoms with van der Waals surface area (Å²) in [6.07, 6.45) is 2.20. The van der Waals surface area contributed by atoms with Gasteiger partial charge >= 0.3 is 12.1 Å². The Hall–Kier alpha value is -2.51. The second-order valence-corrected chi connectivity index (χ2v) is 7.30. The highest BCUT2D eigenvalue weighted by molar-refractivity contribution is 5.94. The van der Waals surface area contributed by atoms with Crippen LogP contribution in [-0.2, 0) is 15.8 Å². The van der Waals surface area contributed by atoms with Crippen molar-refractivity contribution in [1.29, 1.82) is 0 Å². The van der Waals surface area contributed by atoms with E-state index in [1.54, 1.807) is 0 Å². The number of carboxylic acid groups (broad SMARTS) is 1. The summed E-state index contributed by atoms with van der Waals surface area (Å²) in [6.45, 7) is -0.0707. The number of carbonyl (C=O) groups is 2. The molecular weight excluding hydrogens is 375 g/mol. The fraction of sp³-hybridized carbons (Fsp3) is 0.500. The Morgan fingerprint density at radius 3 is 2.61 bits per heavy atom. The molecule has 1 amide bonds. The average Bonchev–Trinajstić information content (AvgIpc) is 2.99. The number of hydrogen-bond donors (Lipinski definition) is 1. The minimum absolute atomic E-state index is 0.0464. The molecule has 152 valence electrons. The number of benzene rings is 1. The summed E-state index contributed by atoms with van der Waals surface area (Å²) in [5, 5.41) is 9.60. The van der Waals surface area contributed by atoms with E-state index < -0.39 is 29.7 Å². The molecule has 2 aliphatic rings. The van der Waals surface area contributed by atoms with Crippen LogP contribution in [0, 0.1) is 5.92 Å². The van der Waals surface area contributed by atoms with Gasteiger partial charge in [0.25, 0.3) is 5.91 Å². The molecule has 0 saturated heterocycles. The molecule has 1 aromatic carbocycles. The number of carboxylic acids is 1. The third-order valence-electron chi connectivity index (χ3n) is 5.25. The maximum atomic E-state index is 12.8. The Kier molecular flexibility index (Phi) is 5.96. The first-order valence-corrected chi connectivity index (χ1v) is 9.33. The lowest BCUT2D eigenvalue weighted by Crippen LogP contribution is -2.44. The van der Waals surface area contributed by atoms with Crippen molar-refractivity contribution in [2.75, 3.05) is 6.54 Å². The standard InChI is InChI=1S/C20H22F3NO4/c21-20(22,23)14-7-4-8-15(10-14)28-16-11-18(25)24(12-16)17(19(26)27)9-13-5-2-1-3-6-13/h4,7-8,10-11,13,17H,1-3,5-6,9,12H2,(H,26,27). The Bertz CT molecular complexity index is 769. The van der Waals surface area contributed by atoms with Crippen LogP contribution >= 0.6 is 0 Å². The fourth-order valence-corrected chi connectivity index (χ4v) is 3.82. The second kappa shape index (κ2) is 8.24. The number of ether oxygens (including phenoxy) is 1. The molecule has 1 fully saturated rings. The van der Waals surface area contributed by atoms with Gasteiger partial charge in [-0.3, -0.25) is 4.79 Å². The number of rotatable bonds is 6. The molecule has 5 nitrogen and oxygen atoms in total. The van der Waals surface area contributed by atoms with Gasteiger partial charge in [-0.05, 0) is 30.5 Å². The molecule has 1 aliphatic heterocycles. The molecule has 1 unspecified atom stereocenters. The SMILES string of the molecule is O=C(O)C(CC1CCCCC1)N1CC(Oc2cccc(C(F)(F)F)c2)=CC1=O. The van der Waals surface area contributed by atoms with Crippen LogP contribution in [0.15, 0.2) is 36.1 Å². The average molecular weight is 397 g/mol.